The number of nitrogens with zero attached hydrogens (tertiary/aromatic N) is 3. The van der Waals surface area contributed by atoms with Crippen molar-refractivity contribution in [2.45, 2.75) is 13.1 Å². The van der Waals surface area contributed by atoms with E-state index in [0.717, 1.165) is 6.20 Å². The maximum Gasteiger partial charge on any atom is 0.434 e. The van der Waals surface area contributed by atoms with Crippen molar-refractivity contribution in [3.63, 3.8) is 0 Å². The first-order valence-corrected chi connectivity index (χ1v) is 7.49. The Morgan fingerprint density at radius 2 is 2.12 bits per heavy atom. The van der Waals surface area contributed by atoms with Crippen LogP contribution in [0.1, 0.15) is 23.0 Å². The van der Waals surface area contributed by atoms with Crippen LogP contribution in [-0.2, 0) is 6.18 Å². The topological polar surface area (TPSA) is 71.8 Å². The number of amides is 1. The van der Waals surface area contributed by atoms with Crippen LogP contribution in [0.25, 0.3) is 5.82 Å². The Morgan fingerprint density at radius 3 is 2.75 bits per heavy atom. The molecule has 1 amide bonds. The zero-order valence-electron chi connectivity index (χ0n) is 12.7. The summed E-state index contributed by atoms with van der Waals surface area (Å²) < 4.78 is 40.8. The lowest BCUT2D eigenvalue weighted by Gasteiger charge is -2.13. The van der Waals surface area contributed by atoms with E-state index in [1.54, 1.807) is 0 Å². The minimum absolute atomic E-state index is 0.00907. The number of likely N-dealkylation sites (N-methyl/N-ethyl adjacent to an activating group) is 1. The second kappa shape index (κ2) is 7.63. The molecule has 10 heteroatoms. The third kappa shape index (κ3) is 4.04. The molecule has 0 bridgehead atoms. The third-order valence-corrected chi connectivity index (χ3v) is 3.35. The highest BCUT2D eigenvalue weighted by Gasteiger charge is 2.41. The third-order valence-electron chi connectivity index (χ3n) is 3.06. The summed E-state index contributed by atoms with van der Waals surface area (Å²) in [6, 6.07) is 2.87. The van der Waals surface area contributed by atoms with Crippen molar-refractivity contribution in [3.8, 4) is 5.82 Å². The number of carbonyl (C=O) groups is 1. The quantitative estimate of drug-likeness (QED) is 0.774. The number of nitrogens with one attached hydrogen (secondary N) is 2. The van der Waals surface area contributed by atoms with Crippen LogP contribution in [-0.4, -0.2) is 40.3 Å². The number of alkyl halides is 3. The van der Waals surface area contributed by atoms with Crippen molar-refractivity contribution in [1.29, 1.82) is 0 Å². The van der Waals surface area contributed by atoms with Crippen LogP contribution < -0.4 is 10.6 Å². The summed E-state index contributed by atoms with van der Waals surface area (Å²) in [7, 11) is 0. The Bertz CT molecular complexity index is 717. The predicted octanol–water partition coefficient (Wildman–Crippen LogP) is 2.28. The lowest BCUT2D eigenvalue weighted by atomic mass is 10.2. The van der Waals surface area contributed by atoms with E-state index in [1.165, 1.54) is 18.3 Å². The summed E-state index contributed by atoms with van der Waals surface area (Å²) in [6.07, 6.45) is -2.65. The highest BCUT2D eigenvalue weighted by molar-refractivity contribution is 6.32. The fourth-order valence-corrected chi connectivity index (χ4v) is 2.22. The summed E-state index contributed by atoms with van der Waals surface area (Å²) >= 11 is 5.89. The van der Waals surface area contributed by atoms with Gasteiger partial charge in [0.1, 0.15) is 0 Å². The minimum atomic E-state index is -4.80. The van der Waals surface area contributed by atoms with Gasteiger partial charge in [0.25, 0.3) is 5.91 Å². The van der Waals surface area contributed by atoms with Crippen LogP contribution in [0.3, 0.4) is 0 Å². The van der Waals surface area contributed by atoms with Gasteiger partial charge in [0.05, 0.1) is 16.8 Å². The molecule has 0 aliphatic rings. The van der Waals surface area contributed by atoms with E-state index in [2.05, 4.69) is 20.7 Å². The molecule has 0 unspecified atom stereocenters. The fourth-order valence-electron chi connectivity index (χ4n) is 2.02. The van der Waals surface area contributed by atoms with Crippen LogP contribution in [0.5, 0.6) is 0 Å². The molecular formula is C14H15ClF3N5O. The molecule has 0 aliphatic carbocycles. The molecule has 0 fully saturated rings. The zero-order chi connectivity index (χ0) is 17.7. The molecule has 0 atom stereocenters. The number of pyridine rings is 1. The molecule has 24 heavy (non-hydrogen) atoms. The molecule has 6 nitrogen and oxygen atoms in total. The normalized spacial score (nSPS) is 11.5. The molecule has 0 aliphatic heterocycles. The zero-order valence-corrected chi connectivity index (χ0v) is 13.4. The van der Waals surface area contributed by atoms with Crippen molar-refractivity contribution in [3.05, 3.63) is 40.8 Å². The molecule has 0 spiro atoms. The summed E-state index contributed by atoms with van der Waals surface area (Å²) in [6.45, 7) is 3.22. The van der Waals surface area contributed by atoms with E-state index in [0.29, 0.717) is 17.8 Å². The van der Waals surface area contributed by atoms with Gasteiger partial charge in [-0.05, 0) is 18.7 Å². The first kappa shape index (κ1) is 18.2. The van der Waals surface area contributed by atoms with Crippen LogP contribution >= 0.6 is 11.6 Å². The maximum atomic E-state index is 13.4. The monoisotopic (exact) mass is 361 g/mol. The Labute approximate surface area is 141 Å². The van der Waals surface area contributed by atoms with Gasteiger partial charge < -0.3 is 10.6 Å². The maximum absolute atomic E-state index is 13.4. The summed E-state index contributed by atoms with van der Waals surface area (Å²) in [4.78, 5) is 15.9. The van der Waals surface area contributed by atoms with Crippen molar-refractivity contribution >= 4 is 17.5 Å². The van der Waals surface area contributed by atoms with Crippen LogP contribution in [0.2, 0.25) is 5.02 Å². The van der Waals surface area contributed by atoms with Crippen LogP contribution in [0.15, 0.2) is 24.5 Å². The Morgan fingerprint density at radius 1 is 1.38 bits per heavy atom. The summed E-state index contributed by atoms with van der Waals surface area (Å²) in [5, 5.41) is 9.01. The molecule has 0 aromatic carbocycles. The second-order valence-electron chi connectivity index (χ2n) is 4.73. The SMILES string of the molecule is CCNCCNC(=O)c1cnn(-c2ncccc2Cl)c1C(F)(F)F. The molecule has 2 aromatic rings. The number of halogens is 4. The molecule has 0 saturated carbocycles. The van der Waals surface area contributed by atoms with Gasteiger partial charge in [0, 0.05) is 19.3 Å². The first-order chi connectivity index (χ1) is 11.4. The highest BCUT2D eigenvalue weighted by Crippen LogP contribution is 2.34. The van der Waals surface area contributed by atoms with Gasteiger partial charge >= 0.3 is 6.18 Å². The summed E-state index contributed by atoms with van der Waals surface area (Å²) in [5.74, 6) is -1.06. The fraction of sp³-hybridized carbons (Fsp3) is 0.357. The summed E-state index contributed by atoms with van der Waals surface area (Å²) in [5.41, 5.74) is -1.80. The van der Waals surface area contributed by atoms with Gasteiger partial charge in [-0.25, -0.2) is 9.67 Å². The van der Waals surface area contributed by atoms with E-state index in [-0.39, 0.29) is 17.4 Å². The lowest BCUT2D eigenvalue weighted by molar-refractivity contribution is -0.143. The van der Waals surface area contributed by atoms with E-state index in [9.17, 15) is 18.0 Å². The number of hydrogen-bond acceptors (Lipinski definition) is 4. The Kier molecular flexibility index (Phi) is 5.79. The average molecular weight is 362 g/mol. The van der Waals surface area contributed by atoms with Crippen molar-refractivity contribution < 1.29 is 18.0 Å². The predicted molar refractivity (Wildman–Crippen MR) is 82.2 cm³/mol. The second-order valence-corrected chi connectivity index (χ2v) is 5.14. The number of hydrogen-bond donors (Lipinski definition) is 2. The first-order valence-electron chi connectivity index (χ1n) is 7.11. The molecule has 2 N–H and O–H groups in total. The molecule has 2 heterocycles. The van der Waals surface area contributed by atoms with Gasteiger partial charge in [0.2, 0.25) is 0 Å². The number of carbonyl (C=O) groups excluding carboxylic acids is 1. The highest BCUT2D eigenvalue weighted by atomic mass is 35.5. The number of rotatable bonds is 6. The Hall–Kier alpha value is -2.13. The van der Waals surface area contributed by atoms with E-state index in [4.69, 9.17) is 11.6 Å². The van der Waals surface area contributed by atoms with E-state index in [1.807, 2.05) is 6.92 Å². The van der Waals surface area contributed by atoms with Crippen molar-refractivity contribution in [1.82, 2.24) is 25.4 Å². The molecule has 0 saturated heterocycles. The van der Waals surface area contributed by atoms with Crippen LogP contribution in [0, 0.1) is 0 Å². The van der Waals surface area contributed by atoms with Crippen molar-refractivity contribution in [2.75, 3.05) is 19.6 Å². The molecule has 0 radical (unpaired) electrons. The van der Waals surface area contributed by atoms with E-state index < -0.39 is 23.3 Å². The van der Waals surface area contributed by atoms with Gasteiger partial charge in [-0.15, -0.1) is 0 Å². The standard InChI is InChI=1S/C14H15ClF3N5O/c1-2-19-6-7-21-13(24)9-8-22-23(11(9)14(16,17)18)12-10(15)4-3-5-20-12/h3-5,8,19H,2,6-7H2,1H3,(H,21,24). The Balaban J connectivity index is 2.37. The smallest absolute Gasteiger partial charge is 0.351 e. The van der Waals surface area contributed by atoms with Gasteiger partial charge in [-0.1, -0.05) is 18.5 Å². The minimum Gasteiger partial charge on any atom is -0.351 e. The van der Waals surface area contributed by atoms with Crippen LogP contribution in [0.4, 0.5) is 13.2 Å². The lowest BCUT2D eigenvalue weighted by Crippen LogP contribution is -2.33. The molecular weight excluding hydrogens is 347 g/mol. The van der Waals surface area contributed by atoms with E-state index >= 15 is 0 Å². The number of aromatic nitrogens is 3. The molecule has 130 valence electrons. The van der Waals surface area contributed by atoms with Crippen molar-refractivity contribution in [2.24, 2.45) is 0 Å². The molecule has 2 rings (SSSR count). The average Bonchev–Trinajstić information content (AvgIpc) is 2.97. The van der Waals surface area contributed by atoms with Gasteiger partial charge in [-0.3, -0.25) is 4.79 Å². The molecule has 2 aromatic heterocycles. The van der Waals surface area contributed by atoms with Gasteiger partial charge in [-0.2, -0.15) is 18.3 Å². The van der Waals surface area contributed by atoms with Gasteiger partial charge in [0.15, 0.2) is 11.5 Å². The largest absolute Gasteiger partial charge is 0.434 e.